The molecule has 1 heterocycles. The Labute approximate surface area is 188 Å². The van der Waals surface area contributed by atoms with E-state index >= 15 is 0 Å². The fourth-order valence-electron chi connectivity index (χ4n) is 3.42. The molecule has 1 unspecified atom stereocenters. The number of halogens is 1. The first-order chi connectivity index (χ1) is 13.1. The van der Waals surface area contributed by atoms with Gasteiger partial charge in [0.2, 0.25) is 0 Å². The van der Waals surface area contributed by atoms with Gasteiger partial charge in [0.1, 0.15) is 0 Å². The zero-order valence-corrected chi connectivity index (χ0v) is 20.3. The number of guanidine groups is 1. The number of hydrogen-bond acceptors (Lipinski definition) is 3. The zero-order chi connectivity index (χ0) is 19.5. The molecule has 1 fully saturated rings. The van der Waals surface area contributed by atoms with E-state index in [0.717, 1.165) is 64.6 Å². The highest BCUT2D eigenvalue weighted by Gasteiger charge is 2.22. The highest BCUT2D eigenvalue weighted by atomic mass is 127. The second kappa shape index (κ2) is 14.2. The van der Waals surface area contributed by atoms with Gasteiger partial charge in [0.15, 0.2) is 5.96 Å². The van der Waals surface area contributed by atoms with E-state index in [0.29, 0.717) is 12.0 Å². The highest BCUT2D eigenvalue weighted by Crippen LogP contribution is 2.18. The normalized spacial score (nSPS) is 16.6. The first kappa shape index (κ1) is 25.2. The predicted octanol–water partition coefficient (Wildman–Crippen LogP) is 4.20. The van der Waals surface area contributed by atoms with Gasteiger partial charge in [-0.25, -0.2) is 0 Å². The fourth-order valence-corrected chi connectivity index (χ4v) is 3.42. The van der Waals surface area contributed by atoms with Crippen LogP contribution in [0.1, 0.15) is 50.2 Å². The van der Waals surface area contributed by atoms with Crippen LogP contribution < -0.4 is 5.32 Å². The molecule has 1 aliphatic heterocycles. The van der Waals surface area contributed by atoms with Gasteiger partial charge in [-0.2, -0.15) is 0 Å². The molecule has 0 radical (unpaired) electrons. The minimum atomic E-state index is 0. The molecule has 160 valence electrons. The Morgan fingerprint density at radius 1 is 1.29 bits per heavy atom. The number of hydrogen-bond donors (Lipinski definition) is 1. The van der Waals surface area contributed by atoms with Crippen molar-refractivity contribution in [2.24, 2.45) is 4.99 Å². The smallest absolute Gasteiger partial charge is 0.193 e. The topological polar surface area (TPSA) is 46.1 Å². The minimum absolute atomic E-state index is 0. The minimum Gasteiger partial charge on any atom is -0.385 e. The lowest BCUT2D eigenvalue weighted by molar-refractivity contribution is 0.00990. The maximum absolute atomic E-state index is 5.97. The van der Waals surface area contributed by atoms with Crippen LogP contribution in [0.4, 0.5) is 0 Å². The number of methoxy groups -OCH3 is 1. The molecule has 0 spiro atoms. The van der Waals surface area contributed by atoms with Crippen LogP contribution in [-0.4, -0.2) is 63.5 Å². The van der Waals surface area contributed by atoms with Crippen LogP contribution in [0.2, 0.25) is 0 Å². The van der Waals surface area contributed by atoms with Crippen LogP contribution in [-0.2, 0) is 9.47 Å². The summed E-state index contributed by atoms with van der Waals surface area (Å²) in [6, 6.07) is 8.74. The van der Waals surface area contributed by atoms with Crippen molar-refractivity contribution in [1.29, 1.82) is 0 Å². The lowest BCUT2D eigenvalue weighted by Crippen LogP contribution is -2.47. The number of nitrogens with zero attached hydrogens (tertiary/aromatic N) is 2. The summed E-state index contributed by atoms with van der Waals surface area (Å²) < 4.78 is 11.1. The quantitative estimate of drug-likeness (QED) is 0.238. The molecule has 1 atom stereocenters. The lowest BCUT2D eigenvalue weighted by Gasteiger charge is -2.34. The number of piperidine rings is 1. The van der Waals surface area contributed by atoms with Crippen molar-refractivity contribution in [1.82, 2.24) is 10.2 Å². The largest absolute Gasteiger partial charge is 0.385 e. The summed E-state index contributed by atoms with van der Waals surface area (Å²) in [5, 5.41) is 3.46. The number of aryl methyl sites for hydroxylation is 1. The van der Waals surface area contributed by atoms with Crippen LogP contribution in [0.25, 0.3) is 0 Å². The molecule has 0 saturated carbocycles. The zero-order valence-electron chi connectivity index (χ0n) is 17.9. The fraction of sp³-hybridized carbons (Fsp3) is 0.682. The number of likely N-dealkylation sites (tertiary alicyclic amines) is 1. The Bertz CT molecular complexity index is 575. The number of aliphatic imine (C=N–C) groups is 1. The highest BCUT2D eigenvalue weighted by molar-refractivity contribution is 14.0. The summed E-state index contributed by atoms with van der Waals surface area (Å²) in [4.78, 5) is 7.31. The van der Waals surface area contributed by atoms with E-state index in [2.05, 4.69) is 55.3 Å². The van der Waals surface area contributed by atoms with Crippen LogP contribution in [0.15, 0.2) is 29.3 Å². The lowest BCUT2D eigenvalue weighted by atomic mass is 10.00. The van der Waals surface area contributed by atoms with Gasteiger partial charge in [0.25, 0.3) is 0 Å². The first-order valence-electron chi connectivity index (χ1n) is 10.3. The number of ether oxygens (including phenoxy) is 2. The molecule has 1 aromatic rings. The monoisotopic (exact) mass is 503 g/mol. The van der Waals surface area contributed by atoms with Gasteiger partial charge < -0.3 is 19.7 Å². The molecule has 28 heavy (non-hydrogen) atoms. The van der Waals surface area contributed by atoms with Crippen molar-refractivity contribution in [3.05, 3.63) is 35.4 Å². The van der Waals surface area contributed by atoms with E-state index in [4.69, 9.17) is 14.5 Å². The molecule has 5 nitrogen and oxygen atoms in total. The standard InChI is InChI=1S/C22H37N3O2.HI/c1-5-23-22(24-17-19(3)20-9-6-8-18(2)16-20)25-12-10-21(11-13-25)27-15-7-14-26-4;/h6,8-9,16,19,21H,5,7,10-15,17H2,1-4H3,(H,23,24);1H. The van der Waals surface area contributed by atoms with E-state index in [1.54, 1.807) is 7.11 Å². The molecule has 1 aromatic carbocycles. The Kier molecular flexibility index (Phi) is 12.7. The first-order valence-corrected chi connectivity index (χ1v) is 10.3. The summed E-state index contributed by atoms with van der Waals surface area (Å²) in [6.45, 7) is 11.8. The molecule has 1 saturated heterocycles. The van der Waals surface area contributed by atoms with E-state index < -0.39 is 0 Å². The molecule has 1 N–H and O–H groups in total. The summed E-state index contributed by atoms with van der Waals surface area (Å²) in [5.74, 6) is 1.45. The summed E-state index contributed by atoms with van der Waals surface area (Å²) in [5.41, 5.74) is 2.67. The Morgan fingerprint density at radius 3 is 2.68 bits per heavy atom. The molecule has 6 heteroatoms. The maximum Gasteiger partial charge on any atom is 0.193 e. The number of benzene rings is 1. The third-order valence-corrected chi connectivity index (χ3v) is 5.05. The van der Waals surface area contributed by atoms with Crippen LogP contribution in [0, 0.1) is 6.92 Å². The van der Waals surface area contributed by atoms with Gasteiger partial charge in [-0.15, -0.1) is 24.0 Å². The predicted molar refractivity (Wildman–Crippen MR) is 128 cm³/mol. The second-order valence-corrected chi connectivity index (χ2v) is 7.41. The molecule has 0 amide bonds. The summed E-state index contributed by atoms with van der Waals surface area (Å²) in [7, 11) is 1.74. The molecule has 0 aliphatic carbocycles. The van der Waals surface area contributed by atoms with Crippen LogP contribution in [0.3, 0.4) is 0 Å². The molecule has 0 aromatic heterocycles. The third kappa shape index (κ3) is 8.66. The van der Waals surface area contributed by atoms with Gasteiger partial charge >= 0.3 is 0 Å². The number of nitrogens with one attached hydrogen (secondary N) is 1. The van der Waals surface area contributed by atoms with Crippen LogP contribution >= 0.6 is 24.0 Å². The molecule has 2 rings (SSSR count). The second-order valence-electron chi connectivity index (χ2n) is 7.41. The van der Waals surface area contributed by atoms with Gasteiger partial charge in [-0.3, -0.25) is 4.99 Å². The van der Waals surface area contributed by atoms with Gasteiger partial charge in [0, 0.05) is 52.4 Å². The molecular weight excluding hydrogens is 465 g/mol. The average molecular weight is 503 g/mol. The van der Waals surface area contributed by atoms with Gasteiger partial charge in [-0.05, 0) is 38.7 Å². The third-order valence-electron chi connectivity index (χ3n) is 5.05. The van der Waals surface area contributed by atoms with Crippen molar-refractivity contribution in [2.75, 3.05) is 46.5 Å². The SMILES string of the molecule is CCNC(=NCC(C)c1cccc(C)c1)N1CCC(OCCCOC)CC1.I. The average Bonchev–Trinajstić information content (AvgIpc) is 2.69. The maximum atomic E-state index is 5.97. The van der Waals surface area contributed by atoms with E-state index in [-0.39, 0.29) is 24.0 Å². The Hall–Kier alpha value is -0.860. The Morgan fingerprint density at radius 2 is 2.04 bits per heavy atom. The summed E-state index contributed by atoms with van der Waals surface area (Å²) in [6.07, 6.45) is 3.46. The summed E-state index contributed by atoms with van der Waals surface area (Å²) >= 11 is 0. The molecule has 0 bridgehead atoms. The van der Waals surface area contributed by atoms with Crippen molar-refractivity contribution in [3.8, 4) is 0 Å². The van der Waals surface area contributed by atoms with Crippen LogP contribution in [0.5, 0.6) is 0 Å². The van der Waals surface area contributed by atoms with Gasteiger partial charge in [0.05, 0.1) is 6.10 Å². The number of rotatable bonds is 9. The van der Waals surface area contributed by atoms with E-state index in [1.165, 1.54) is 11.1 Å². The van der Waals surface area contributed by atoms with Gasteiger partial charge in [-0.1, -0.05) is 36.8 Å². The van der Waals surface area contributed by atoms with Crippen molar-refractivity contribution in [2.45, 2.75) is 52.1 Å². The Balaban J connectivity index is 0.00000392. The van der Waals surface area contributed by atoms with Crippen molar-refractivity contribution >= 4 is 29.9 Å². The van der Waals surface area contributed by atoms with E-state index in [9.17, 15) is 0 Å². The molecule has 1 aliphatic rings. The molecular formula is C22H38IN3O2. The van der Waals surface area contributed by atoms with Crippen molar-refractivity contribution in [3.63, 3.8) is 0 Å². The van der Waals surface area contributed by atoms with Crippen molar-refractivity contribution < 1.29 is 9.47 Å². The van der Waals surface area contributed by atoms with E-state index in [1.807, 2.05) is 0 Å².